The van der Waals surface area contributed by atoms with Crippen LogP contribution in [0.5, 0.6) is 5.75 Å². The zero-order valence-electron chi connectivity index (χ0n) is 17.0. The fourth-order valence-corrected chi connectivity index (χ4v) is 3.25. The number of methoxy groups -OCH3 is 1. The molecule has 0 aliphatic heterocycles. The number of aromatic amines is 1. The zero-order chi connectivity index (χ0) is 21.7. The van der Waals surface area contributed by atoms with Crippen molar-refractivity contribution in [1.29, 1.82) is 0 Å². The number of anilines is 1. The van der Waals surface area contributed by atoms with Crippen molar-refractivity contribution in [2.75, 3.05) is 19.0 Å². The highest BCUT2D eigenvalue weighted by atomic mass is 35.5. The van der Waals surface area contributed by atoms with Crippen LogP contribution in [-0.2, 0) is 22.5 Å². The third-order valence-electron chi connectivity index (χ3n) is 4.49. The fourth-order valence-electron chi connectivity index (χ4n) is 2.97. The molecule has 0 radical (unpaired) electrons. The zero-order valence-corrected chi connectivity index (χ0v) is 17.8. The average molecular weight is 434 g/mol. The van der Waals surface area contributed by atoms with Crippen LogP contribution in [0.25, 0.3) is 11.0 Å². The van der Waals surface area contributed by atoms with Crippen molar-refractivity contribution in [1.82, 2.24) is 20.2 Å². The van der Waals surface area contributed by atoms with Crippen LogP contribution >= 0.6 is 11.6 Å². The molecule has 10 heteroatoms. The molecule has 0 spiro atoms. The summed E-state index contributed by atoms with van der Waals surface area (Å²) < 4.78 is 10.5. The van der Waals surface area contributed by atoms with E-state index in [4.69, 9.17) is 26.2 Å². The third kappa shape index (κ3) is 4.98. The van der Waals surface area contributed by atoms with Gasteiger partial charge in [0.15, 0.2) is 11.6 Å². The Morgan fingerprint density at radius 3 is 2.83 bits per heavy atom. The third-order valence-corrected chi connectivity index (χ3v) is 4.78. The molecule has 1 unspecified atom stereocenters. The number of aliphatic carboxylic acids is 1. The molecule has 0 aliphatic carbocycles. The summed E-state index contributed by atoms with van der Waals surface area (Å²) in [5.41, 5.74) is 3.16. The summed E-state index contributed by atoms with van der Waals surface area (Å²) in [6.07, 6.45) is 1.08. The molecule has 2 heterocycles. The van der Waals surface area contributed by atoms with Crippen molar-refractivity contribution < 1.29 is 19.4 Å². The molecule has 0 fully saturated rings. The molecule has 0 saturated heterocycles. The van der Waals surface area contributed by atoms with Gasteiger partial charge in [-0.05, 0) is 31.0 Å². The Bertz CT molecular complexity index is 1040. The molecule has 9 nitrogen and oxygen atoms in total. The number of carboxylic acid groups (broad SMARTS) is 1. The number of hydrogen-bond acceptors (Lipinski definition) is 7. The lowest BCUT2D eigenvalue weighted by Crippen LogP contribution is -2.13. The Hall–Kier alpha value is -2.91. The summed E-state index contributed by atoms with van der Waals surface area (Å²) in [6, 6.07) is 5.53. The van der Waals surface area contributed by atoms with Crippen molar-refractivity contribution in [2.24, 2.45) is 0 Å². The molecule has 30 heavy (non-hydrogen) atoms. The van der Waals surface area contributed by atoms with Crippen molar-refractivity contribution in [3.63, 3.8) is 0 Å². The summed E-state index contributed by atoms with van der Waals surface area (Å²) in [5.74, 6) is 0.502. The van der Waals surface area contributed by atoms with Gasteiger partial charge in [-0.15, -0.1) is 0 Å². The number of H-pyrrole nitrogens is 1. The van der Waals surface area contributed by atoms with Crippen molar-refractivity contribution in [3.8, 4) is 5.75 Å². The molecule has 160 valence electrons. The monoisotopic (exact) mass is 433 g/mol. The Balaban J connectivity index is 1.91. The lowest BCUT2D eigenvalue weighted by atomic mass is 10.2. The summed E-state index contributed by atoms with van der Waals surface area (Å²) in [7, 11) is 1.57. The second-order valence-corrected chi connectivity index (χ2v) is 7.15. The highest BCUT2D eigenvalue weighted by Gasteiger charge is 2.19. The molecule has 1 atom stereocenters. The number of ether oxygens (including phenoxy) is 2. The summed E-state index contributed by atoms with van der Waals surface area (Å²) in [5, 5.41) is 20.1. The first-order valence-corrected chi connectivity index (χ1v) is 9.95. The van der Waals surface area contributed by atoms with Crippen molar-refractivity contribution in [3.05, 3.63) is 40.3 Å². The molecule has 2 aromatic heterocycles. The van der Waals surface area contributed by atoms with Gasteiger partial charge in [0.2, 0.25) is 0 Å². The van der Waals surface area contributed by atoms with Crippen LogP contribution in [0.15, 0.2) is 18.2 Å². The summed E-state index contributed by atoms with van der Waals surface area (Å²) >= 11 is 6.21. The van der Waals surface area contributed by atoms with Crippen molar-refractivity contribution >= 4 is 34.4 Å². The van der Waals surface area contributed by atoms with Gasteiger partial charge in [0.25, 0.3) is 0 Å². The molecule has 0 aliphatic rings. The van der Waals surface area contributed by atoms with E-state index >= 15 is 0 Å². The number of halogens is 1. The lowest BCUT2D eigenvalue weighted by molar-refractivity contribution is -0.144. The minimum absolute atomic E-state index is 0.387. The highest BCUT2D eigenvalue weighted by Crippen LogP contribution is 2.27. The van der Waals surface area contributed by atoms with Gasteiger partial charge >= 0.3 is 5.97 Å². The smallest absolute Gasteiger partial charge is 0.329 e. The van der Waals surface area contributed by atoms with E-state index in [2.05, 4.69) is 32.4 Å². The first-order chi connectivity index (χ1) is 14.4. The molecular formula is C20H24ClN5O4. The van der Waals surface area contributed by atoms with E-state index in [0.717, 1.165) is 24.1 Å². The van der Waals surface area contributed by atoms with Crippen molar-refractivity contribution in [2.45, 2.75) is 39.3 Å². The molecule has 0 saturated carbocycles. The van der Waals surface area contributed by atoms with Crippen LogP contribution in [0.3, 0.4) is 0 Å². The number of nitrogens with one attached hydrogen (secondary N) is 2. The normalized spacial score (nSPS) is 12.1. The van der Waals surface area contributed by atoms with E-state index in [1.807, 2.05) is 12.1 Å². The highest BCUT2D eigenvalue weighted by molar-refractivity contribution is 6.32. The summed E-state index contributed by atoms with van der Waals surface area (Å²) in [6.45, 7) is 3.81. The van der Waals surface area contributed by atoms with Crippen LogP contribution in [0.1, 0.15) is 43.5 Å². The topological polar surface area (TPSA) is 122 Å². The lowest BCUT2D eigenvalue weighted by Gasteiger charge is -2.14. The number of nitrogens with zero attached hydrogens (tertiary/aromatic N) is 3. The van der Waals surface area contributed by atoms with Crippen LogP contribution in [-0.4, -0.2) is 45.0 Å². The van der Waals surface area contributed by atoms with Gasteiger partial charge in [0.05, 0.1) is 17.8 Å². The number of carboxylic acids is 1. The number of hydrogen-bond donors (Lipinski definition) is 3. The Morgan fingerprint density at radius 2 is 2.17 bits per heavy atom. The number of aromatic nitrogens is 4. The van der Waals surface area contributed by atoms with E-state index in [-0.39, 0.29) is 0 Å². The van der Waals surface area contributed by atoms with E-state index in [9.17, 15) is 4.79 Å². The second kappa shape index (κ2) is 9.73. The maximum atomic E-state index is 10.8. The van der Waals surface area contributed by atoms with Gasteiger partial charge in [-0.2, -0.15) is 5.10 Å². The number of carbonyl (C=O) groups is 1. The molecular weight excluding hydrogens is 410 g/mol. The average Bonchev–Trinajstić information content (AvgIpc) is 3.13. The molecule has 3 rings (SSSR count). The van der Waals surface area contributed by atoms with Gasteiger partial charge < -0.3 is 19.9 Å². The minimum Gasteiger partial charge on any atom is -0.495 e. The molecule has 3 N–H and O–H groups in total. The molecule has 1 aromatic carbocycles. The molecule has 3 aromatic rings. The Kier molecular flexibility index (Phi) is 7.07. The largest absolute Gasteiger partial charge is 0.495 e. The van der Waals surface area contributed by atoms with Gasteiger partial charge in [0, 0.05) is 6.54 Å². The first-order valence-electron chi connectivity index (χ1n) is 9.57. The van der Waals surface area contributed by atoms with Crippen LogP contribution in [0.2, 0.25) is 5.02 Å². The summed E-state index contributed by atoms with van der Waals surface area (Å²) in [4.78, 5) is 20.0. The Morgan fingerprint density at radius 1 is 1.37 bits per heavy atom. The van der Waals surface area contributed by atoms with E-state index < -0.39 is 18.7 Å². The maximum Gasteiger partial charge on any atom is 0.329 e. The number of rotatable bonds is 10. The Labute approximate surface area is 178 Å². The van der Waals surface area contributed by atoms with E-state index in [1.54, 1.807) is 20.1 Å². The molecule has 0 amide bonds. The fraction of sp³-hybridized carbons (Fsp3) is 0.400. The first kappa shape index (κ1) is 21.8. The van der Waals surface area contributed by atoms with E-state index in [0.29, 0.717) is 40.0 Å². The van der Waals surface area contributed by atoms with Gasteiger partial charge in [-0.1, -0.05) is 31.0 Å². The quantitative estimate of drug-likeness (QED) is 0.442. The second-order valence-electron chi connectivity index (χ2n) is 6.74. The predicted octanol–water partition coefficient (Wildman–Crippen LogP) is 3.74. The van der Waals surface area contributed by atoms with Gasteiger partial charge in [-0.25, -0.2) is 14.8 Å². The minimum atomic E-state index is -1.05. The number of fused-ring (bicyclic) bond motifs is 1. The van der Waals surface area contributed by atoms with Crippen LogP contribution < -0.4 is 10.1 Å². The maximum absolute atomic E-state index is 10.8. The van der Waals surface area contributed by atoms with Gasteiger partial charge in [0.1, 0.15) is 29.5 Å². The standard InChI is InChI=1S/C20H24ClN5O4/c1-4-5-14-17-18(26-25-14)20(24-19(23-17)11(2)30-10-16(27)28)22-9-12-6-7-15(29-3)13(21)8-12/h6-8,11H,4-5,9-10H2,1-3H3,(H,25,26)(H,27,28)(H,22,23,24). The van der Waals surface area contributed by atoms with Gasteiger partial charge in [-0.3, -0.25) is 5.10 Å². The molecule has 0 bridgehead atoms. The SMILES string of the molecule is CCCc1n[nH]c2c(NCc3ccc(OC)c(Cl)c3)nc(C(C)OCC(=O)O)nc12. The number of aryl methyl sites for hydroxylation is 1. The van der Waals surface area contributed by atoms with Crippen LogP contribution in [0, 0.1) is 0 Å². The van der Waals surface area contributed by atoms with Crippen LogP contribution in [0.4, 0.5) is 5.82 Å². The number of benzene rings is 1. The predicted molar refractivity (Wildman–Crippen MR) is 113 cm³/mol. The van der Waals surface area contributed by atoms with E-state index in [1.165, 1.54) is 0 Å².